The molecule has 0 saturated carbocycles. The summed E-state index contributed by atoms with van der Waals surface area (Å²) in [6.45, 7) is 8.27. The number of ether oxygens (including phenoxy) is 2. The van der Waals surface area contributed by atoms with Crippen LogP contribution in [0.3, 0.4) is 0 Å². The predicted octanol–water partition coefficient (Wildman–Crippen LogP) is 0.598. The standard InChI is InChI=1S/C12H24N2O3/c1-3-14(4-2)12(15)5-7-13-9-11-6-8-16-10-17-11/h11,13H,3-10H2,1-2H3. The van der Waals surface area contributed by atoms with E-state index in [1.807, 2.05) is 18.7 Å². The van der Waals surface area contributed by atoms with E-state index in [1.165, 1.54) is 0 Å². The average molecular weight is 244 g/mol. The summed E-state index contributed by atoms with van der Waals surface area (Å²) in [6, 6.07) is 0. The summed E-state index contributed by atoms with van der Waals surface area (Å²) in [7, 11) is 0. The van der Waals surface area contributed by atoms with Gasteiger partial charge in [-0.1, -0.05) is 0 Å². The lowest BCUT2D eigenvalue weighted by Gasteiger charge is -2.23. The van der Waals surface area contributed by atoms with E-state index in [2.05, 4.69) is 5.32 Å². The maximum atomic E-state index is 11.7. The number of carbonyl (C=O) groups excluding carboxylic acids is 1. The van der Waals surface area contributed by atoms with Crippen LogP contribution in [0.15, 0.2) is 0 Å². The zero-order valence-electron chi connectivity index (χ0n) is 10.9. The first kappa shape index (κ1) is 14.4. The third-order valence-corrected chi connectivity index (χ3v) is 2.98. The van der Waals surface area contributed by atoms with Gasteiger partial charge in [0.15, 0.2) is 0 Å². The Morgan fingerprint density at radius 1 is 1.41 bits per heavy atom. The highest BCUT2D eigenvalue weighted by atomic mass is 16.7. The molecule has 1 aliphatic heterocycles. The van der Waals surface area contributed by atoms with E-state index in [0.717, 1.165) is 39.2 Å². The van der Waals surface area contributed by atoms with Gasteiger partial charge in [0.1, 0.15) is 6.79 Å². The van der Waals surface area contributed by atoms with E-state index >= 15 is 0 Å². The SMILES string of the molecule is CCN(CC)C(=O)CCNCC1CCOCO1. The third-order valence-electron chi connectivity index (χ3n) is 2.98. The van der Waals surface area contributed by atoms with E-state index < -0.39 is 0 Å². The van der Waals surface area contributed by atoms with Gasteiger partial charge in [0.05, 0.1) is 12.7 Å². The van der Waals surface area contributed by atoms with Gasteiger partial charge in [-0.3, -0.25) is 4.79 Å². The molecule has 1 saturated heterocycles. The van der Waals surface area contributed by atoms with Crippen LogP contribution < -0.4 is 5.32 Å². The van der Waals surface area contributed by atoms with Crippen molar-refractivity contribution in [1.29, 1.82) is 0 Å². The molecular formula is C12H24N2O3. The molecule has 0 bridgehead atoms. The van der Waals surface area contributed by atoms with Crippen LogP contribution in [-0.2, 0) is 14.3 Å². The molecule has 0 aromatic carbocycles. The molecule has 0 aromatic rings. The summed E-state index contributed by atoms with van der Waals surface area (Å²) in [5.74, 6) is 0.218. The second-order valence-corrected chi connectivity index (χ2v) is 4.12. The predicted molar refractivity (Wildman–Crippen MR) is 65.7 cm³/mol. The summed E-state index contributed by atoms with van der Waals surface area (Å²) in [5.41, 5.74) is 0. The van der Waals surface area contributed by atoms with E-state index in [9.17, 15) is 4.79 Å². The van der Waals surface area contributed by atoms with Crippen LogP contribution in [0.2, 0.25) is 0 Å². The molecule has 1 unspecified atom stereocenters. The van der Waals surface area contributed by atoms with Crippen molar-refractivity contribution in [3.63, 3.8) is 0 Å². The molecule has 1 N–H and O–H groups in total. The minimum atomic E-state index is 0.218. The van der Waals surface area contributed by atoms with Crippen LogP contribution in [0, 0.1) is 0 Å². The summed E-state index contributed by atoms with van der Waals surface area (Å²) < 4.78 is 10.5. The molecule has 0 aromatic heterocycles. The van der Waals surface area contributed by atoms with Gasteiger partial charge < -0.3 is 19.7 Å². The molecule has 0 spiro atoms. The number of carbonyl (C=O) groups is 1. The number of amides is 1. The normalized spacial score (nSPS) is 20.2. The molecule has 17 heavy (non-hydrogen) atoms. The highest BCUT2D eigenvalue weighted by Crippen LogP contribution is 2.04. The molecule has 5 nitrogen and oxygen atoms in total. The summed E-state index contributed by atoms with van der Waals surface area (Å²) >= 11 is 0. The first-order valence-electron chi connectivity index (χ1n) is 6.45. The maximum absolute atomic E-state index is 11.7. The number of rotatable bonds is 7. The Kier molecular flexibility index (Phi) is 7.16. The molecule has 1 atom stereocenters. The van der Waals surface area contributed by atoms with E-state index in [1.54, 1.807) is 0 Å². The fourth-order valence-corrected chi connectivity index (χ4v) is 1.86. The van der Waals surface area contributed by atoms with Gasteiger partial charge >= 0.3 is 0 Å². The Hall–Kier alpha value is -0.650. The molecule has 100 valence electrons. The topological polar surface area (TPSA) is 50.8 Å². The number of nitrogens with one attached hydrogen (secondary N) is 1. The van der Waals surface area contributed by atoms with Gasteiger partial charge in [-0.15, -0.1) is 0 Å². The van der Waals surface area contributed by atoms with Crippen molar-refractivity contribution < 1.29 is 14.3 Å². The highest BCUT2D eigenvalue weighted by Gasteiger charge is 2.14. The highest BCUT2D eigenvalue weighted by molar-refractivity contribution is 5.76. The van der Waals surface area contributed by atoms with E-state index in [-0.39, 0.29) is 12.0 Å². The zero-order chi connectivity index (χ0) is 12.5. The monoisotopic (exact) mass is 244 g/mol. The molecule has 0 aliphatic carbocycles. The Labute approximate surface area is 103 Å². The Bertz CT molecular complexity index is 214. The number of hydrogen-bond acceptors (Lipinski definition) is 4. The Morgan fingerprint density at radius 3 is 2.76 bits per heavy atom. The lowest BCUT2D eigenvalue weighted by Crippen LogP contribution is -2.37. The lowest BCUT2D eigenvalue weighted by atomic mass is 10.2. The molecule has 1 rings (SSSR count). The van der Waals surface area contributed by atoms with Crippen LogP contribution in [0.25, 0.3) is 0 Å². The second-order valence-electron chi connectivity index (χ2n) is 4.12. The fraction of sp³-hybridized carbons (Fsp3) is 0.917. The van der Waals surface area contributed by atoms with Crippen molar-refractivity contribution in [2.75, 3.05) is 39.6 Å². The molecule has 1 amide bonds. The Morgan fingerprint density at radius 2 is 2.18 bits per heavy atom. The van der Waals surface area contributed by atoms with Crippen molar-refractivity contribution in [2.24, 2.45) is 0 Å². The van der Waals surface area contributed by atoms with Crippen LogP contribution in [0.5, 0.6) is 0 Å². The Balaban J connectivity index is 2.04. The minimum Gasteiger partial charge on any atom is -0.355 e. The minimum absolute atomic E-state index is 0.218. The fourth-order valence-electron chi connectivity index (χ4n) is 1.86. The quantitative estimate of drug-likeness (QED) is 0.666. The van der Waals surface area contributed by atoms with Gasteiger partial charge in [0.25, 0.3) is 0 Å². The summed E-state index contributed by atoms with van der Waals surface area (Å²) in [4.78, 5) is 13.5. The van der Waals surface area contributed by atoms with Gasteiger partial charge in [-0.05, 0) is 20.3 Å². The van der Waals surface area contributed by atoms with Crippen LogP contribution >= 0.6 is 0 Å². The number of nitrogens with zero attached hydrogens (tertiary/aromatic N) is 1. The van der Waals surface area contributed by atoms with Gasteiger partial charge in [-0.25, -0.2) is 0 Å². The van der Waals surface area contributed by atoms with Gasteiger partial charge in [0.2, 0.25) is 5.91 Å². The van der Waals surface area contributed by atoms with Crippen molar-refractivity contribution in [2.45, 2.75) is 32.8 Å². The largest absolute Gasteiger partial charge is 0.355 e. The molecular weight excluding hydrogens is 220 g/mol. The van der Waals surface area contributed by atoms with Crippen LogP contribution in [0.1, 0.15) is 26.7 Å². The second kappa shape index (κ2) is 8.44. The van der Waals surface area contributed by atoms with Crippen LogP contribution in [-0.4, -0.2) is 56.5 Å². The van der Waals surface area contributed by atoms with Crippen molar-refractivity contribution in [3.05, 3.63) is 0 Å². The molecule has 1 fully saturated rings. The summed E-state index contributed by atoms with van der Waals surface area (Å²) in [6.07, 6.45) is 1.72. The third kappa shape index (κ3) is 5.48. The molecule has 1 heterocycles. The van der Waals surface area contributed by atoms with Gasteiger partial charge in [-0.2, -0.15) is 0 Å². The molecule has 5 heteroatoms. The number of hydrogen-bond donors (Lipinski definition) is 1. The first-order valence-corrected chi connectivity index (χ1v) is 6.45. The average Bonchev–Trinajstić information content (AvgIpc) is 2.37. The van der Waals surface area contributed by atoms with E-state index in [0.29, 0.717) is 13.2 Å². The van der Waals surface area contributed by atoms with Crippen LogP contribution in [0.4, 0.5) is 0 Å². The zero-order valence-corrected chi connectivity index (χ0v) is 10.9. The first-order chi connectivity index (χ1) is 8.27. The van der Waals surface area contributed by atoms with Gasteiger partial charge in [0, 0.05) is 32.6 Å². The smallest absolute Gasteiger partial charge is 0.223 e. The summed E-state index contributed by atoms with van der Waals surface area (Å²) in [5, 5.41) is 3.26. The van der Waals surface area contributed by atoms with Crippen molar-refractivity contribution >= 4 is 5.91 Å². The van der Waals surface area contributed by atoms with Crippen molar-refractivity contribution in [1.82, 2.24) is 10.2 Å². The van der Waals surface area contributed by atoms with E-state index in [4.69, 9.17) is 9.47 Å². The lowest BCUT2D eigenvalue weighted by molar-refractivity contribution is -0.137. The molecule has 1 aliphatic rings. The molecule has 0 radical (unpaired) electrons. The maximum Gasteiger partial charge on any atom is 0.223 e. The van der Waals surface area contributed by atoms with Crippen molar-refractivity contribution in [3.8, 4) is 0 Å².